The van der Waals surface area contributed by atoms with Crippen LogP contribution in [-0.4, -0.2) is 13.4 Å². The van der Waals surface area contributed by atoms with Gasteiger partial charge in [0, 0.05) is 18.2 Å². The zero-order valence-corrected chi connectivity index (χ0v) is 7.48. The number of nitrogens with zero attached hydrogens (tertiary/aromatic N) is 2. The molecule has 1 saturated heterocycles. The van der Waals surface area contributed by atoms with Gasteiger partial charge < -0.3 is 4.81 Å². The van der Waals surface area contributed by atoms with Crippen molar-refractivity contribution in [3.05, 3.63) is 30.3 Å². The third-order valence-corrected chi connectivity index (χ3v) is 2.49. The van der Waals surface area contributed by atoms with Gasteiger partial charge in [-0.3, -0.25) is 0 Å². The Balaban J connectivity index is 2.22. The molecule has 1 aliphatic rings. The van der Waals surface area contributed by atoms with Crippen LogP contribution in [0.5, 0.6) is 0 Å². The summed E-state index contributed by atoms with van der Waals surface area (Å²) in [6.07, 6.45) is 2.14. The Labute approximate surface area is 78.9 Å². The second-order valence-corrected chi connectivity index (χ2v) is 3.32. The van der Waals surface area contributed by atoms with Gasteiger partial charge in [-0.1, -0.05) is 18.2 Å². The van der Waals surface area contributed by atoms with Crippen molar-refractivity contribution in [1.82, 2.24) is 0 Å². The Morgan fingerprint density at radius 3 is 2.77 bits per heavy atom. The number of rotatable bonds is 1. The van der Waals surface area contributed by atoms with E-state index < -0.39 is 0 Å². The van der Waals surface area contributed by atoms with Gasteiger partial charge in [0.05, 0.1) is 0 Å². The van der Waals surface area contributed by atoms with Crippen LogP contribution in [0.4, 0.5) is 5.69 Å². The molecule has 1 aromatic carbocycles. The van der Waals surface area contributed by atoms with Crippen molar-refractivity contribution < 1.29 is 0 Å². The molecule has 13 heavy (non-hydrogen) atoms. The number of anilines is 1. The van der Waals surface area contributed by atoms with Gasteiger partial charge in [0.25, 0.3) is 0 Å². The molecule has 1 fully saturated rings. The summed E-state index contributed by atoms with van der Waals surface area (Å²) in [6.45, 7) is 1.10. The minimum absolute atomic E-state index is 0.0856. The van der Waals surface area contributed by atoms with Crippen molar-refractivity contribution >= 4 is 12.5 Å². The van der Waals surface area contributed by atoms with Gasteiger partial charge >= 0.3 is 6.85 Å². The lowest BCUT2D eigenvalue weighted by molar-refractivity contribution is 0.982. The van der Waals surface area contributed by atoms with E-state index in [4.69, 9.17) is 5.26 Å². The molecule has 0 amide bonds. The monoisotopic (exact) mass is 170 g/mol. The maximum atomic E-state index is 8.91. The molecule has 0 saturated carbocycles. The van der Waals surface area contributed by atoms with Gasteiger partial charge in [0.15, 0.2) is 0 Å². The van der Waals surface area contributed by atoms with Crippen LogP contribution in [0.1, 0.15) is 6.42 Å². The summed E-state index contributed by atoms with van der Waals surface area (Å²) in [5, 5.41) is 8.91. The maximum absolute atomic E-state index is 8.91. The van der Waals surface area contributed by atoms with Crippen LogP contribution in [0.2, 0.25) is 6.32 Å². The topological polar surface area (TPSA) is 27.0 Å². The summed E-state index contributed by atoms with van der Waals surface area (Å²) in [5.74, 6) is 2.34. The lowest BCUT2D eigenvalue weighted by Gasteiger charge is -2.19. The van der Waals surface area contributed by atoms with Gasteiger partial charge in [-0.05, 0) is 24.9 Å². The van der Waals surface area contributed by atoms with E-state index in [0.29, 0.717) is 0 Å². The molecule has 0 radical (unpaired) electrons. The summed E-state index contributed by atoms with van der Waals surface area (Å²) >= 11 is 0. The van der Waals surface area contributed by atoms with Crippen molar-refractivity contribution in [3.8, 4) is 5.97 Å². The van der Waals surface area contributed by atoms with Gasteiger partial charge in [0.1, 0.15) is 0 Å². The lowest BCUT2D eigenvalue weighted by atomic mass is 9.61. The molecule has 1 heterocycles. The number of hydrogen-bond donors (Lipinski definition) is 0. The second kappa shape index (κ2) is 3.53. The molecule has 0 N–H and O–H groups in total. The quantitative estimate of drug-likeness (QED) is 0.602. The molecule has 0 aromatic heterocycles. The third-order valence-electron chi connectivity index (χ3n) is 2.49. The zero-order chi connectivity index (χ0) is 9.10. The van der Waals surface area contributed by atoms with Crippen LogP contribution in [0.3, 0.4) is 0 Å². The van der Waals surface area contributed by atoms with Crippen molar-refractivity contribution in [2.45, 2.75) is 12.7 Å². The minimum atomic E-state index is 0.0856. The van der Waals surface area contributed by atoms with E-state index in [1.54, 1.807) is 0 Å². The van der Waals surface area contributed by atoms with E-state index in [9.17, 15) is 0 Å². The number of benzene rings is 1. The van der Waals surface area contributed by atoms with Crippen LogP contribution < -0.4 is 4.81 Å². The minimum Gasteiger partial charge on any atom is -0.402 e. The molecule has 0 spiro atoms. The standard InChI is InChI=1S/C10H11BN2/c12-9-11-7-4-8-13(11)10-5-2-1-3-6-10/h1-3,5-6H,4,7-8H2. The summed E-state index contributed by atoms with van der Waals surface area (Å²) in [7, 11) is 0. The molecule has 2 rings (SSSR count). The highest BCUT2D eigenvalue weighted by molar-refractivity contribution is 6.71. The first kappa shape index (κ1) is 8.19. The fraction of sp³-hybridized carbons (Fsp3) is 0.300. The smallest absolute Gasteiger partial charge is 0.378 e. The fourth-order valence-electron chi connectivity index (χ4n) is 1.83. The SMILES string of the molecule is N#CB1CCCN1c1ccccc1. The van der Waals surface area contributed by atoms with Crippen LogP contribution in [-0.2, 0) is 0 Å². The molecule has 0 bridgehead atoms. The van der Waals surface area contributed by atoms with Crippen LogP contribution in [0, 0.1) is 11.2 Å². The molecule has 64 valence electrons. The highest BCUT2D eigenvalue weighted by atomic mass is 15.1. The van der Waals surface area contributed by atoms with E-state index >= 15 is 0 Å². The predicted molar refractivity (Wildman–Crippen MR) is 54.6 cm³/mol. The average Bonchev–Trinajstić information content (AvgIpc) is 2.67. The summed E-state index contributed by atoms with van der Waals surface area (Å²) < 4.78 is 0. The summed E-state index contributed by atoms with van der Waals surface area (Å²) in [5.41, 5.74) is 1.17. The third kappa shape index (κ3) is 1.53. The Morgan fingerprint density at radius 2 is 2.08 bits per heavy atom. The van der Waals surface area contributed by atoms with Gasteiger partial charge in [-0.25, -0.2) is 5.26 Å². The summed E-state index contributed by atoms with van der Waals surface area (Å²) in [6, 6.07) is 10.2. The average molecular weight is 170 g/mol. The molecule has 3 heteroatoms. The van der Waals surface area contributed by atoms with Gasteiger partial charge in [-0.15, -0.1) is 0 Å². The van der Waals surface area contributed by atoms with Gasteiger partial charge in [0.2, 0.25) is 0 Å². The maximum Gasteiger partial charge on any atom is 0.378 e. The van der Waals surface area contributed by atoms with Crippen LogP contribution in [0.25, 0.3) is 0 Å². The van der Waals surface area contributed by atoms with E-state index in [0.717, 1.165) is 19.3 Å². The first-order valence-electron chi connectivity index (χ1n) is 4.63. The molecular formula is C10H11BN2. The highest BCUT2D eigenvalue weighted by Gasteiger charge is 2.29. The molecule has 1 aliphatic heterocycles. The predicted octanol–water partition coefficient (Wildman–Crippen LogP) is 1.95. The van der Waals surface area contributed by atoms with Crippen LogP contribution >= 0.6 is 0 Å². The Morgan fingerprint density at radius 1 is 1.31 bits per heavy atom. The van der Waals surface area contributed by atoms with E-state index in [1.165, 1.54) is 5.69 Å². The van der Waals surface area contributed by atoms with Crippen molar-refractivity contribution in [1.29, 1.82) is 5.26 Å². The van der Waals surface area contributed by atoms with Crippen molar-refractivity contribution in [2.24, 2.45) is 0 Å². The highest BCUT2D eigenvalue weighted by Crippen LogP contribution is 2.22. The summed E-state index contributed by atoms with van der Waals surface area (Å²) in [4.78, 5) is 2.18. The second-order valence-electron chi connectivity index (χ2n) is 3.32. The number of para-hydroxylation sites is 1. The number of nitriles is 1. The first-order valence-corrected chi connectivity index (χ1v) is 4.63. The molecule has 2 nitrogen and oxygen atoms in total. The fourth-order valence-corrected chi connectivity index (χ4v) is 1.83. The molecule has 1 aromatic rings. The van der Waals surface area contributed by atoms with Crippen LogP contribution in [0.15, 0.2) is 30.3 Å². The first-order chi connectivity index (χ1) is 6.42. The Kier molecular flexibility index (Phi) is 2.22. The molecule has 0 unspecified atom stereocenters. The van der Waals surface area contributed by atoms with Crippen molar-refractivity contribution in [3.63, 3.8) is 0 Å². The van der Waals surface area contributed by atoms with E-state index in [-0.39, 0.29) is 6.85 Å². The Hall–Kier alpha value is -1.43. The molecular weight excluding hydrogens is 159 g/mol. The Bertz CT molecular complexity index is 317. The molecule has 0 aliphatic carbocycles. The molecule has 0 atom stereocenters. The van der Waals surface area contributed by atoms with E-state index in [1.807, 2.05) is 18.2 Å². The van der Waals surface area contributed by atoms with Gasteiger partial charge in [-0.2, -0.15) is 0 Å². The normalized spacial score (nSPS) is 15.9. The van der Waals surface area contributed by atoms with E-state index in [2.05, 4.69) is 22.9 Å². The lowest BCUT2D eigenvalue weighted by Crippen LogP contribution is -2.32. The number of hydrogen-bond acceptors (Lipinski definition) is 2. The largest absolute Gasteiger partial charge is 0.402 e. The zero-order valence-electron chi connectivity index (χ0n) is 7.48. The van der Waals surface area contributed by atoms with Crippen molar-refractivity contribution in [2.75, 3.05) is 11.4 Å².